The maximum atomic E-state index is 11.9. The van der Waals surface area contributed by atoms with E-state index >= 15 is 0 Å². The van der Waals surface area contributed by atoms with Gasteiger partial charge in [0.1, 0.15) is 0 Å². The minimum absolute atomic E-state index is 0.103. The summed E-state index contributed by atoms with van der Waals surface area (Å²) in [5.74, 6) is 0.310. The molecule has 0 aliphatic carbocycles. The molecule has 0 radical (unpaired) electrons. The molecule has 1 rings (SSSR count). The number of nitrogens with zero attached hydrogens (tertiary/aromatic N) is 1. The van der Waals surface area contributed by atoms with Crippen LogP contribution in [-0.4, -0.2) is 29.1 Å². The molecule has 88 valence electrons. The maximum Gasteiger partial charge on any atom is 0.223 e. The normalized spacial score (nSPS) is 19.3. The molecule has 0 aromatic heterocycles. The lowest BCUT2D eigenvalue weighted by Crippen LogP contribution is -2.40. The van der Waals surface area contributed by atoms with Crippen LogP contribution in [-0.2, 0) is 4.79 Å². The first-order valence-corrected chi connectivity index (χ1v) is 7.43. The number of amides is 1. The Labute approximate surface area is 102 Å². The number of thiol groups is 1. The molecular formula is C11H21NOS2. The van der Waals surface area contributed by atoms with E-state index in [9.17, 15) is 4.79 Å². The van der Waals surface area contributed by atoms with Crippen molar-refractivity contribution in [3.63, 3.8) is 0 Å². The van der Waals surface area contributed by atoms with E-state index in [1.165, 1.54) is 0 Å². The fourth-order valence-corrected chi connectivity index (χ4v) is 2.83. The fourth-order valence-electron chi connectivity index (χ4n) is 1.78. The van der Waals surface area contributed by atoms with Gasteiger partial charge >= 0.3 is 0 Å². The van der Waals surface area contributed by atoms with Gasteiger partial charge in [0, 0.05) is 24.8 Å². The number of carbonyl (C=O) groups excluding carboxylic acids is 1. The predicted molar refractivity (Wildman–Crippen MR) is 70.3 cm³/mol. The van der Waals surface area contributed by atoms with Gasteiger partial charge in [-0.2, -0.15) is 0 Å². The first-order chi connectivity index (χ1) is 6.92. The van der Waals surface area contributed by atoms with Crippen LogP contribution in [0.5, 0.6) is 0 Å². The zero-order chi connectivity index (χ0) is 11.5. The molecule has 0 aromatic carbocycles. The third-order valence-corrected chi connectivity index (χ3v) is 4.29. The second-order valence-electron chi connectivity index (χ2n) is 5.42. The molecule has 1 fully saturated rings. The molecule has 0 spiro atoms. The van der Waals surface area contributed by atoms with E-state index in [1.54, 1.807) is 10.8 Å². The molecule has 1 aliphatic rings. The Bertz CT molecular complexity index is 217. The summed E-state index contributed by atoms with van der Waals surface area (Å²) >= 11 is 4.23. The van der Waals surface area contributed by atoms with E-state index in [-0.39, 0.29) is 5.41 Å². The highest BCUT2D eigenvalue weighted by Crippen LogP contribution is 2.27. The zero-order valence-electron chi connectivity index (χ0n) is 9.82. The minimum atomic E-state index is 0.103. The van der Waals surface area contributed by atoms with Gasteiger partial charge < -0.3 is 4.90 Å². The lowest BCUT2D eigenvalue weighted by molar-refractivity contribution is -0.133. The summed E-state index contributed by atoms with van der Waals surface area (Å²) in [4.78, 5) is 13.9. The van der Waals surface area contributed by atoms with E-state index in [0.717, 1.165) is 25.9 Å². The molecule has 15 heavy (non-hydrogen) atoms. The van der Waals surface area contributed by atoms with Crippen molar-refractivity contribution in [2.75, 3.05) is 13.1 Å². The minimum Gasteiger partial charge on any atom is -0.343 e. The van der Waals surface area contributed by atoms with E-state index in [2.05, 4.69) is 32.4 Å². The van der Waals surface area contributed by atoms with E-state index in [4.69, 9.17) is 0 Å². The van der Waals surface area contributed by atoms with Crippen molar-refractivity contribution < 1.29 is 4.79 Å². The van der Waals surface area contributed by atoms with Gasteiger partial charge in [-0.15, -0.1) is 11.7 Å². The number of carbonyl (C=O) groups is 1. The molecule has 1 aliphatic heterocycles. The largest absolute Gasteiger partial charge is 0.343 e. The zero-order valence-corrected chi connectivity index (χ0v) is 11.5. The van der Waals surface area contributed by atoms with Crippen molar-refractivity contribution in [3.05, 3.63) is 0 Å². The molecule has 1 heterocycles. The molecule has 0 atom stereocenters. The lowest BCUT2D eigenvalue weighted by Gasteiger charge is -2.32. The summed E-state index contributed by atoms with van der Waals surface area (Å²) in [6, 6.07) is 0. The molecule has 1 amide bonds. The maximum absolute atomic E-state index is 11.9. The Balaban J connectivity index is 2.37. The van der Waals surface area contributed by atoms with Crippen molar-refractivity contribution in [2.24, 2.45) is 5.41 Å². The van der Waals surface area contributed by atoms with Crippen LogP contribution in [0.4, 0.5) is 0 Å². The van der Waals surface area contributed by atoms with Gasteiger partial charge in [-0.25, -0.2) is 0 Å². The molecule has 0 N–H and O–H groups in total. The van der Waals surface area contributed by atoms with Gasteiger partial charge in [0.05, 0.1) is 0 Å². The highest BCUT2D eigenvalue weighted by atomic mass is 33.1. The van der Waals surface area contributed by atoms with Crippen LogP contribution >= 0.6 is 22.5 Å². The molecular weight excluding hydrogens is 226 g/mol. The van der Waals surface area contributed by atoms with Crippen LogP contribution in [0, 0.1) is 5.41 Å². The van der Waals surface area contributed by atoms with Crippen molar-refractivity contribution in [2.45, 2.75) is 45.3 Å². The Morgan fingerprint density at radius 2 is 1.93 bits per heavy atom. The summed E-state index contributed by atoms with van der Waals surface area (Å²) in [6.07, 6.45) is 2.83. The summed E-state index contributed by atoms with van der Waals surface area (Å²) < 4.78 is 0. The molecule has 4 heteroatoms. The Kier molecular flexibility index (Phi) is 4.84. The van der Waals surface area contributed by atoms with Crippen molar-refractivity contribution in [3.8, 4) is 0 Å². The quantitative estimate of drug-likeness (QED) is 0.598. The summed E-state index contributed by atoms with van der Waals surface area (Å²) in [5.41, 5.74) is 0.103. The van der Waals surface area contributed by atoms with Crippen LogP contribution in [0.3, 0.4) is 0 Å². The predicted octanol–water partition coefficient (Wildman–Crippen LogP) is 2.99. The number of rotatable bonds is 2. The van der Waals surface area contributed by atoms with Gasteiger partial charge in [0.15, 0.2) is 0 Å². The van der Waals surface area contributed by atoms with Gasteiger partial charge in [-0.1, -0.05) is 31.6 Å². The second-order valence-corrected chi connectivity index (χ2v) is 6.93. The average molecular weight is 247 g/mol. The first kappa shape index (κ1) is 13.2. The van der Waals surface area contributed by atoms with Crippen molar-refractivity contribution >= 4 is 28.4 Å². The van der Waals surface area contributed by atoms with Crippen LogP contribution in [0.1, 0.15) is 40.0 Å². The van der Waals surface area contributed by atoms with Gasteiger partial charge in [-0.05, 0) is 18.3 Å². The molecule has 2 nitrogen and oxygen atoms in total. The van der Waals surface area contributed by atoms with Crippen LogP contribution in [0.25, 0.3) is 0 Å². The van der Waals surface area contributed by atoms with Crippen LogP contribution < -0.4 is 0 Å². The summed E-state index contributed by atoms with van der Waals surface area (Å²) in [5, 5.41) is 0.632. The van der Waals surface area contributed by atoms with Gasteiger partial charge in [-0.3, -0.25) is 4.79 Å². The van der Waals surface area contributed by atoms with Gasteiger partial charge in [0.25, 0.3) is 0 Å². The highest BCUT2D eigenvalue weighted by Gasteiger charge is 2.25. The number of likely N-dealkylation sites (tertiary alicyclic amines) is 1. The number of hydrogen-bond acceptors (Lipinski definition) is 3. The Hall–Kier alpha value is 0.170. The van der Waals surface area contributed by atoms with Crippen molar-refractivity contribution in [1.82, 2.24) is 4.90 Å². The van der Waals surface area contributed by atoms with Crippen molar-refractivity contribution in [1.29, 1.82) is 0 Å². The molecule has 0 bridgehead atoms. The monoisotopic (exact) mass is 247 g/mol. The van der Waals surface area contributed by atoms with Crippen LogP contribution in [0.2, 0.25) is 0 Å². The molecule has 0 saturated carbocycles. The molecule has 0 aromatic rings. The lowest BCUT2D eigenvalue weighted by atomic mass is 9.91. The number of piperidine rings is 1. The van der Waals surface area contributed by atoms with Gasteiger partial charge in [0.2, 0.25) is 5.91 Å². The second kappa shape index (κ2) is 5.48. The number of hydrogen-bond donors (Lipinski definition) is 1. The summed E-state index contributed by atoms with van der Waals surface area (Å²) in [7, 11) is 1.63. The first-order valence-electron chi connectivity index (χ1n) is 5.50. The Morgan fingerprint density at radius 3 is 2.33 bits per heavy atom. The smallest absolute Gasteiger partial charge is 0.223 e. The molecule has 0 unspecified atom stereocenters. The SMILES string of the molecule is CC(C)(C)CC(=O)N1CCC(SS)CC1. The average Bonchev–Trinajstić information content (AvgIpc) is 2.15. The van der Waals surface area contributed by atoms with E-state index < -0.39 is 0 Å². The molecule has 1 saturated heterocycles. The summed E-state index contributed by atoms with van der Waals surface area (Å²) in [6.45, 7) is 8.16. The Morgan fingerprint density at radius 1 is 1.40 bits per heavy atom. The topological polar surface area (TPSA) is 20.3 Å². The van der Waals surface area contributed by atoms with E-state index in [1.807, 2.05) is 4.90 Å². The van der Waals surface area contributed by atoms with Crippen LogP contribution in [0.15, 0.2) is 0 Å². The standard InChI is InChI=1S/C11H21NOS2/c1-11(2,3)8-10(13)12-6-4-9(15-14)5-7-12/h9,14H,4-8H2,1-3H3. The fraction of sp³-hybridized carbons (Fsp3) is 0.909. The van der Waals surface area contributed by atoms with E-state index in [0.29, 0.717) is 17.6 Å². The third-order valence-electron chi connectivity index (χ3n) is 2.63. The third kappa shape index (κ3) is 4.68. The highest BCUT2D eigenvalue weighted by molar-refractivity contribution is 8.68.